The summed E-state index contributed by atoms with van der Waals surface area (Å²) in [5.74, 6) is -0.0609. The molecule has 138 valence electrons. The van der Waals surface area contributed by atoms with Gasteiger partial charge in [0.15, 0.2) is 0 Å². The molecule has 1 heterocycles. The molecule has 1 saturated carbocycles. The molecule has 1 aromatic rings. The quantitative estimate of drug-likeness (QED) is 0.842. The average molecular weight is 369 g/mol. The lowest BCUT2D eigenvalue weighted by Crippen LogP contribution is -2.46. The highest BCUT2D eigenvalue weighted by molar-refractivity contribution is 7.86. The van der Waals surface area contributed by atoms with E-state index in [2.05, 4.69) is 5.32 Å². The number of amides is 1. The average Bonchev–Trinajstić information content (AvgIpc) is 3.03. The first-order valence-corrected chi connectivity index (χ1v) is 10.2. The summed E-state index contributed by atoms with van der Waals surface area (Å²) in [7, 11) is -3.66. The van der Waals surface area contributed by atoms with Gasteiger partial charge in [-0.15, -0.1) is 0 Å². The summed E-state index contributed by atoms with van der Waals surface area (Å²) in [6, 6.07) is 6.69. The van der Waals surface area contributed by atoms with Crippen LogP contribution in [0.15, 0.2) is 24.3 Å². The first-order valence-electron chi connectivity index (χ1n) is 8.66. The zero-order chi connectivity index (χ0) is 18.0. The molecule has 8 heteroatoms. The molecule has 6 nitrogen and oxygen atoms in total. The Balaban J connectivity index is 1.49. The number of benzene rings is 1. The number of carbonyl (C=O) groups excluding carboxylic acids is 1. The zero-order valence-electron chi connectivity index (χ0n) is 14.0. The molecule has 3 N–H and O–H groups in total. The summed E-state index contributed by atoms with van der Waals surface area (Å²) in [6.45, 7) is 0.583. The Bertz CT molecular complexity index is 715. The molecule has 25 heavy (non-hydrogen) atoms. The number of nitrogens with one attached hydrogen (secondary N) is 1. The highest BCUT2D eigenvalue weighted by Crippen LogP contribution is 2.34. The molecule has 2 unspecified atom stereocenters. The van der Waals surface area contributed by atoms with Crippen molar-refractivity contribution in [3.8, 4) is 0 Å². The van der Waals surface area contributed by atoms with E-state index in [0.717, 1.165) is 24.8 Å². The van der Waals surface area contributed by atoms with Crippen molar-refractivity contribution in [1.82, 2.24) is 9.62 Å². The van der Waals surface area contributed by atoms with Gasteiger partial charge in [0, 0.05) is 25.0 Å². The summed E-state index contributed by atoms with van der Waals surface area (Å²) < 4.78 is 36.9. The molecule has 1 aromatic carbocycles. The van der Waals surface area contributed by atoms with Crippen LogP contribution in [0.25, 0.3) is 0 Å². The van der Waals surface area contributed by atoms with E-state index >= 15 is 0 Å². The number of rotatable bonds is 4. The number of nitrogens with two attached hydrogens (primary N) is 1. The van der Waals surface area contributed by atoms with Gasteiger partial charge in [-0.1, -0.05) is 12.1 Å². The summed E-state index contributed by atoms with van der Waals surface area (Å²) in [6.07, 6.45) is 3.73. The topological polar surface area (TPSA) is 92.5 Å². The van der Waals surface area contributed by atoms with Gasteiger partial charge in [0.05, 0.1) is 0 Å². The lowest BCUT2D eigenvalue weighted by Gasteiger charge is -2.29. The third-order valence-electron chi connectivity index (χ3n) is 5.31. The van der Waals surface area contributed by atoms with Crippen LogP contribution in [0.4, 0.5) is 4.39 Å². The summed E-state index contributed by atoms with van der Waals surface area (Å²) in [5.41, 5.74) is 1.11. The van der Waals surface area contributed by atoms with Crippen molar-refractivity contribution in [2.75, 3.05) is 13.1 Å². The molecule has 0 aromatic heterocycles. The van der Waals surface area contributed by atoms with Crippen molar-refractivity contribution < 1.29 is 17.6 Å². The van der Waals surface area contributed by atoms with Crippen molar-refractivity contribution in [2.24, 2.45) is 11.1 Å². The third kappa shape index (κ3) is 4.56. The predicted octanol–water partition coefficient (Wildman–Crippen LogP) is 1.49. The van der Waals surface area contributed by atoms with Gasteiger partial charge in [-0.3, -0.25) is 4.79 Å². The second kappa shape index (κ2) is 7.39. The van der Waals surface area contributed by atoms with Crippen LogP contribution in [0.2, 0.25) is 0 Å². The van der Waals surface area contributed by atoms with Gasteiger partial charge < -0.3 is 5.32 Å². The zero-order valence-corrected chi connectivity index (χ0v) is 14.8. The van der Waals surface area contributed by atoms with Crippen molar-refractivity contribution in [3.05, 3.63) is 35.6 Å². The maximum atomic E-state index is 13.0. The number of hydrogen-bond donors (Lipinski definition) is 2. The SMILES string of the molecule is NS(=O)(=O)N1CCC(C(=O)NC2CCC(c3ccc(F)cc3)C2)CC1. The Hall–Kier alpha value is -1.51. The third-order valence-corrected chi connectivity index (χ3v) is 6.39. The molecular formula is C17H24FN3O3S. The lowest BCUT2D eigenvalue weighted by atomic mass is 9.96. The number of halogens is 1. The van der Waals surface area contributed by atoms with Crippen LogP contribution >= 0.6 is 0 Å². The van der Waals surface area contributed by atoms with Crippen molar-refractivity contribution in [1.29, 1.82) is 0 Å². The van der Waals surface area contributed by atoms with E-state index in [9.17, 15) is 17.6 Å². The molecule has 0 spiro atoms. The summed E-state index contributed by atoms with van der Waals surface area (Å²) >= 11 is 0. The minimum absolute atomic E-state index is 0.00109. The maximum absolute atomic E-state index is 13.0. The van der Waals surface area contributed by atoms with Crippen LogP contribution in [0.3, 0.4) is 0 Å². The summed E-state index contributed by atoms with van der Waals surface area (Å²) in [5, 5.41) is 8.22. The molecule has 1 amide bonds. The fourth-order valence-electron chi connectivity index (χ4n) is 3.84. The number of hydrogen-bond acceptors (Lipinski definition) is 3. The molecule has 2 aliphatic rings. The van der Waals surface area contributed by atoms with Gasteiger partial charge in [0.1, 0.15) is 5.82 Å². The van der Waals surface area contributed by atoms with Gasteiger partial charge in [-0.05, 0) is 55.7 Å². The van der Waals surface area contributed by atoms with Crippen LogP contribution in [0.1, 0.15) is 43.6 Å². The van der Waals surface area contributed by atoms with E-state index in [1.807, 2.05) is 12.1 Å². The molecule has 2 atom stereocenters. The monoisotopic (exact) mass is 369 g/mol. The Morgan fingerprint density at radius 1 is 1.12 bits per heavy atom. The molecule has 0 bridgehead atoms. The molecule has 2 fully saturated rings. The van der Waals surface area contributed by atoms with Gasteiger partial charge in [0.25, 0.3) is 10.2 Å². The second-order valence-electron chi connectivity index (χ2n) is 6.99. The van der Waals surface area contributed by atoms with E-state index in [1.165, 1.54) is 16.4 Å². The first-order chi connectivity index (χ1) is 11.8. The van der Waals surface area contributed by atoms with Crippen LogP contribution in [-0.4, -0.2) is 37.8 Å². The molecular weight excluding hydrogens is 345 g/mol. The van der Waals surface area contributed by atoms with E-state index in [0.29, 0.717) is 31.8 Å². The van der Waals surface area contributed by atoms with Crippen molar-refractivity contribution >= 4 is 16.1 Å². The Kier molecular flexibility index (Phi) is 5.41. The number of nitrogens with zero attached hydrogens (tertiary/aromatic N) is 1. The number of carbonyl (C=O) groups is 1. The van der Waals surface area contributed by atoms with Gasteiger partial charge in [0.2, 0.25) is 5.91 Å². The molecule has 1 aliphatic carbocycles. The van der Waals surface area contributed by atoms with E-state index < -0.39 is 10.2 Å². The normalized spacial score (nSPS) is 25.8. The second-order valence-corrected chi connectivity index (χ2v) is 8.53. The maximum Gasteiger partial charge on any atom is 0.276 e. The Labute approximate surface area is 147 Å². The van der Waals surface area contributed by atoms with E-state index in [4.69, 9.17) is 5.14 Å². The standard InChI is InChI=1S/C17H24FN3O3S/c18-15-4-1-12(2-5-15)14-3-6-16(11-14)20-17(22)13-7-9-21(10-8-13)25(19,23)24/h1-2,4-5,13-14,16H,3,6-11H2,(H,20,22)(H2,19,23,24). The Morgan fingerprint density at radius 2 is 1.76 bits per heavy atom. The van der Waals surface area contributed by atoms with Gasteiger partial charge in [-0.25, -0.2) is 9.53 Å². The smallest absolute Gasteiger partial charge is 0.276 e. The van der Waals surface area contributed by atoms with Crippen molar-refractivity contribution in [2.45, 2.75) is 44.1 Å². The fraction of sp³-hybridized carbons (Fsp3) is 0.588. The molecule has 1 saturated heterocycles. The van der Waals surface area contributed by atoms with Crippen LogP contribution in [0, 0.1) is 11.7 Å². The first kappa shape index (κ1) is 18.3. The predicted molar refractivity (Wildman–Crippen MR) is 92.3 cm³/mol. The molecule has 1 aliphatic heterocycles. The highest BCUT2D eigenvalue weighted by Gasteiger charge is 2.32. The van der Waals surface area contributed by atoms with E-state index in [-0.39, 0.29) is 23.7 Å². The molecule has 3 rings (SSSR count). The highest BCUT2D eigenvalue weighted by atomic mass is 32.2. The van der Waals surface area contributed by atoms with Crippen LogP contribution in [-0.2, 0) is 15.0 Å². The minimum Gasteiger partial charge on any atom is -0.353 e. The number of piperidine rings is 1. The van der Waals surface area contributed by atoms with Gasteiger partial charge >= 0.3 is 0 Å². The lowest BCUT2D eigenvalue weighted by molar-refractivity contribution is -0.126. The van der Waals surface area contributed by atoms with Crippen LogP contribution in [0.5, 0.6) is 0 Å². The van der Waals surface area contributed by atoms with Gasteiger partial charge in [-0.2, -0.15) is 12.7 Å². The van der Waals surface area contributed by atoms with Crippen molar-refractivity contribution in [3.63, 3.8) is 0 Å². The fourth-order valence-corrected chi connectivity index (χ4v) is 4.56. The minimum atomic E-state index is -3.66. The Morgan fingerprint density at radius 3 is 2.36 bits per heavy atom. The molecule has 0 radical (unpaired) electrons. The summed E-state index contributed by atoms with van der Waals surface area (Å²) in [4.78, 5) is 12.4. The van der Waals surface area contributed by atoms with E-state index in [1.54, 1.807) is 0 Å². The van der Waals surface area contributed by atoms with Crippen LogP contribution < -0.4 is 10.5 Å². The largest absolute Gasteiger partial charge is 0.353 e.